The Morgan fingerprint density at radius 2 is 1.36 bits per heavy atom. The average Bonchev–Trinajstić information content (AvgIpc) is 0.846. The predicted octanol–water partition coefficient (Wildman–Crippen LogP) is 7.00. The van der Waals surface area contributed by atoms with Gasteiger partial charge >= 0.3 is 18.2 Å². The molecule has 2 aliphatic heterocycles. The highest BCUT2D eigenvalue weighted by Gasteiger charge is 2.49. The number of piperidine rings is 1. The molecule has 592 valence electrons. The summed E-state index contributed by atoms with van der Waals surface area (Å²) in [6.07, 6.45) is -5.47. The largest absolute Gasteiger partial charge is 0.420 e. The summed E-state index contributed by atoms with van der Waals surface area (Å²) in [5.74, 6) is -24.0. The monoisotopic (exact) mass is 1530 g/mol. The van der Waals surface area contributed by atoms with Crippen LogP contribution in [0.5, 0.6) is 5.75 Å². The normalized spacial score (nSPS) is 18.5. The molecular weight excluding hydrogens is 1430 g/mol. The summed E-state index contributed by atoms with van der Waals surface area (Å²) in [6.45, 7) is 15.8. The molecule has 0 saturated carbocycles. The number of alkyl halides is 3. The minimum Gasteiger partial charge on any atom is -0.420 e. The number of halogens is 8. The molecule has 9 N–H and O–H groups in total. The zero-order chi connectivity index (χ0) is 79.4. The number of urea groups is 1. The fourth-order valence-corrected chi connectivity index (χ4v) is 14.2. The molecule has 0 radical (unpaired) electrons. The number of likely N-dealkylation sites (tertiary alicyclic amines) is 2. The predicted molar refractivity (Wildman–Crippen MR) is 376 cm³/mol. The standard InChI is InChI=1S/C71H103F8N13O13S/c1-15-39(8)59(90(12)68(100)56(37(4)5)87-66(99)58(38(6)7)89(10)11)46(103-13)34-49(94)92-30-17-20-45(92)60(104-14)40(9)62(95)88-57(67-81-28-32-106-67)64(97)83-35-41-22-24-43(25-23-41)84-63(96)44(19-16-27-82-70(80)102)85-65(98)55(36(2)3)86-48(93)21-18-29-91-31-26-42(33-47(91)71(77,78)79)69(101)105-61-53(75)51(73)50(72)52(74)54(61)76/h22-25,28,32,36-40,42,44-47,55-60H,15-21,26-27,29-31,33-35H2,1-14H3,(H,83,97)(H,84,96)(H,85,98)(H,86,93)(H,87,99)(H,88,95)(H3,80,82,102)/t39-,40+,42?,44-,45-,46+,47?,55-,56-,57+,58-,59-,60+/m0/s1. The quantitative estimate of drug-likeness (QED) is 0.00715. The summed E-state index contributed by atoms with van der Waals surface area (Å²) in [4.78, 5) is 147. The van der Waals surface area contributed by atoms with Gasteiger partial charge in [-0.1, -0.05) is 80.9 Å². The number of hydrogen-bond acceptors (Lipinski definition) is 17. The van der Waals surface area contributed by atoms with E-state index in [1.54, 1.807) is 55.1 Å². The van der Waals surface area contributed by atoms with Gasteiger partial charge in [0, 0.05) is 64.6 Å². The van der Waals surface area contributed by atoms with Crippen molar-refractivity contribution in [2.45, 2.75) is 200 Å². The van der Waals surface area contributed by atoms with Crippen LogP contribution in [-0.4, -0.2) is 206 Å². The molecule has 3 heterocycles. The number of esters is 1. The summed E-state index contributed by atoms with van der Waals surface area (Å²) in [6, 6.07) is -3.31. The van der Waals surface area contributed by atoms with Crippen molar-refractivity contribution in [3.05, 3.63) is 75.5 Å². The molecule has 1 aromatic heterocycles. The lowest BCUT2D eigenvalue weighted by molar-refractivity contribution is -0.197. The van der Waals surface area contributed by atoms with Gasteiger partial charge in [-0.25, -0.2) is 22.9 Å². The minimum atomic E-state index is -4.99. The Labute approximate surface area is 616 Å². The second kappa shape index (κ2) is 40.7. The van der Waals surface area contributed by atoms with Crippen LogP contribution in [0, 0.1) is 64.6 Å². The SMILES string of the molecule is CC[C@H](C)[C@@H]([C@@H](CC(=O)N1CCC[C@H]1[C@H](OC)[C@@H](C)C(=O)N[C@H](C(=O)NCc1ccc(NC(=O)[C@H](CCCNC(N)=O)NC(=O)[C@@H](NC(=O)CCCN2CCC(C(=O)Oc3c(F)c(F)c(F)c(F)c3F)CC2C(F)(F)F)C(C)C)cc1)c1nccs1)OC)N(C)C(=O)[C@@H](NC(=O)[C@H](C(C)C)N(C)C)C(C)C. The number of carbonyl (C=O) groups excluding carboxylic acids is 10. The molecule has 13 atom stereocenters. The van der Waals surface area contributed by atoms with Gasteiger partial charge in [-0.05, 0) is 113 Å². The van der Waals surface area contributed by atoms with E-state index in [2.05, 4.69) is 46.9 Å². The second-order valence-electron chi connectivity index (χ2n) is 28.2. The second-order valence-corrected chi connectivity index (χ2v) is 29.1. The van der Waals surface area contributed by atoms with Crippen LogP contribution in [0.1, 0.15) is 143 Å². The number of thiazole rings is 1. The van der Waals surface area contributed by atoms with Crippen LogP contribution in [0.25, 0.3) is 0 Å². The van der Waals surface area contributed by atoms with Crippen molar-refractivity contribution in [2.75, 3.05) is 66.9 Å². The van der Waals surface area contributed by atoms with E-state index < -0.39 is 180 Å². The van der Waals surface area contributed by atoms with E-state index in [4.69, 9.17) is 15.2 Å². The zero-order valence-corrected chi connectivity index (χ0v) is 63.2. The van der Waals surface area contributed by atoms with Crippen LogP contribution >= 0.6 is 11.3 Å². The average molecular weight is 1530 g/mol. The van der Waals surface area contributed by atoms with E-state index in [0.29, 0.717) is 31.4 Å². The van der Waals surface area contributed by atoms with Gasteiger partial charge < -0.3 is 67.0 Å². The van der Waals surface area contributed by atoms with Crippen molar-refractivity contribution < 1.29 is 97.3 Å². The fourth-order valence-electron chi connectivity index (χ4n) is 13.5. The molecule has 2 saturated heterocycles. The number of nitrogens with one attached hydrogen (secondary N) is 7. The smallest absolute Gasteiger partial charge is 0.404 e. The van der Waals surface area contributed by atoms with Gasteiger partial charge in [0.2, 0.25) is 82.1 Å². The highest BCUT2D eigenvalue weighted by molar-refractivity contribution is 7.09. The van der Waals surface area contributed by atoms with Crippen molar-refractivity contribution in [3.63, 3.8) is 0 Å². The lowest BCUT2D eigenvalue weighted by Gasteiger charge is -2.41. The first-order valence-electron chi connectivity index (χ1n) is 35.4. The molecule has 0 bridgehead atoms. The number of nitrogens with two attached hydrogens (primary N) is 1. The highest BCUT2D eigenvalue weighted by atomic mass is 32.1. The first-order valence-corrected chi connectivity index (χ1v) is 36.3. The van der Waals surface area contributed by atoms with E-state index in [9.17, 15) is 83.1 Å². The molecule has 2 unspecified atom stereocenters. The number of methoxy groups -OCH3 is 2. The number of rotatable bonds is 38. The first kappa shape index (κ1) is 88.5. The first-order chi connectivity index (χ1) is 49.8. The summed E-state index contributed by atoms with van der Waals surface area (Å²) in [5.41, 5.74) is 6.02. The molecule has 2 aromatic carbocycles. The number of likely N-dealkylation sites (N-methyl/N-ethyl adjacent to an activating group) is 2. The Balaban J connectivity index is 1.19. The molecular formula is C71H103F8N13O13S. The van der Waals surface area contributed by atoms with E-state index >= 15 is 0 Å². The van der Waals surface area contributed by atoms with Crippen molar-refractivity contribution in [1.29, 1.82) is 0 Å². The molecule has 26 nitrogen and oxygen atoms in total. The Morgan fingerprint density at radius 1 is 0.726 bits per heavy atom. The topological polar surface area (TPSA) is 334 Å². The van der Waals surface area contributed by atoms with Crippen molar-refractivity contribution >= 4 is 76.3 Å². The number of ether oxygens (including phenoxy) is 3. The van der Waals surface area contributed by atoms with Crippen molar-refractivity contribution in [1.82, 2.24) is 56.5 Å². The van der Waals surface area contributed by atoms with Crippen molar-refractivity contribution in [2.24, 2.45) is 41.2 Å². The zero-order valence-electron chi connectivity index (χ0n) is 62.4. The minimum absolute atomic E-state index is 0.000531. The number of primary amides is 1. The number of anilines is 1. The third kappa shape index (κ3) is 23.9. The van der Waals surface area contributed by atoms with Crippen LogP contribution in [-0.2, 0) is 59.2 Å². The maximum Gasteiger partial charge on any atom is 0.404 e. The van der Waals surface area contributed by atoms with Crippen LogP contribution in [0.2, 0.25) is 0 Å². The maximum atomic E-state index is 14.6. The Morgan fingerprint density at radius 3 is 1.91 bits per heavy atom. The number of carbonyl (C=O) groups is 10. The number of amides is 10. The lowest BCUT2D eigenvalue weighted by atomic mass is 9.89. The number of nitrogens with zero attached hydrogens (tertiary/aromatic N) is 5. The maximum absolute atomic E-state index is 14.6. The molecule has 2 aliphatic rings. The van der Waals surface area contributed by atoms with Gasteiger partial charge in [-0.2, -0.15) is 22.0 Å². The van der Waals surface area contributed by atoms with Gasteiger partial charge in [-0.15, -0.1) is 11.3 Å². The Hall–Kier alpha value is -8.15. The molecule has 3 aromatic rings. The van der Waals surface area contributed by atoms with Crippen LogP contribution in [0.3, 0.4) is 0 Å². The summed E-state index contributed by atoms with van der Waals surface area (Å²) in [5, 5.41) is 20.9. The lowest BCUT2D eigenvalue weighted by Crippen LogP contribution is -2.59. The number of benzene rings is 2. The molecule has 0 aliphatic carbocycles. The van der Waals surface area contributed by atoms with E-state index in [1.807, 2.05) is 60.5 Å². The number of hydrogen-bond donors (Lipinski definition) is 8. The third-order valence-corrected chi connectivity index (χ3v) is 20.2. The number of aromatic nitrogens is 1. The van der Waals surface area contributed by atoms with Gasteiger partial charge in [0.05, 0.1) is 48.6 Å². The van der Waals surface area contributed by atoms with Gasteiger partial charge in [0.1, 0.15) is 29.2 Å². The molecule has 35 heteroatoms. The van der Waals surface area contributed by atoms with E-state index in [1.165, 1.54) is 32.5 Å². The molecule has 2 fully saturated rings. The molecule has 5 rings (SSSR count). The van der Waals surface area contributed by atoms with Crippen molar-refractivity contribution in [3.8, 4) is 5.75 Å². The summed E-state index contributed by atoms with van der Waals surface area (Å²) in [7, 11) is 8.23. The van der Waals surface area contributed by atoms with E-state index in [0.717, 1.165) is 16.2 Å². The Bertz CT molecular complexity index is 3450. The summed E-state index contributed by atoms with van der Waals surface area (Å²) >= 11 is 1.13. The van der Waals surface area contributed by atoms with Crippen LogP contribution in [0.15, 0.2) is 35.8 Å². The third-order valence-electron chi connectivity index (χ3n) is 19.4. The molecule has 0 spiro atoms. The van der Waals surface area contributed by atoms with E-state index in [-0.39, 0.29) is 97.9 Å². The molecule has 10 amide bonds. The molecule has 106 heavy (non-hydrogen) atoms. The highest BCUT2D eigenvalue weighted by Crippen LogP contribution is 2.38. The van der Waals surface area contributed by atoms with Crippen LogP contribution < -0.4 is 47.7 Å². The fraction of sp³-hybridized carbons (Fsp3) is 0.648. The Kier molecular flexibility index (Phi) is 34.0. The summed E-state index contributed by atoms with van der Waals surface area (Å²) < 4.78 is 129. The van der Waals surface area contributed by atoms with Gasteiger partial charge in [-0.3, -0.25) is 53.0 Å². The van der Waals surface area contributed by atoms with Gasteiger partial charge in [0.25, 0.3) is 0 Å². The van der Waals surface area contributed by atoms with Crippen LogP contribution in [0.4, 0.5) is 45.6 Å². The van der Waals surface area contributed by atoms with Gasteiger partial charge in [0.15, 0.2) is 6.04 Å².